The van der Waals surface area contributed by atoms with Crippen LogP contribution in [0.15, 0.2) is 0 Å². The Morgan fingerprint density at radius 3 is 2.67 bits per heavy atom. The SMILES string of the molecule is CN1CCNC1CN1CCN(C2CNNC(=O)C2Br)CC1. The Kier molecular flexibility index (Phi) is 5.13. The molecular weight excluding hydrogens is 336 g/mol. The van der Waals surface area contributed by atoms with Crippen LogP contribution in [0.1, 0.15) is 0 Å². The van der Waals surface area contributed by atoms with Gasteiger partial charge in [0.25, 0.3) is 0 Å². The van der Waals surface area contributed by atoms with Crippen molar-refractivity contribution in [1.82, 2.24) is 30.9 Å². The Hall–Kier alpha value is -0.250. The molecule has 3 N–H and O–H groups in total. The Morgan fingerprint density at radius 1 is 1.24 bits per heavy atom. The lowest BCUT2D eigenvalue weighted by atomic mass is 10.1. The maximum Gasteiger partial charge on any atom is 0.249 e. The number of nitrogens with one attached hydrogen (secondary N) is 3. The molecule has 7 nitrogen and oxygen atoms in total. The molecule has 0 bridgehead atoms. The number of piperazine rings is 1. The van der Waals surface area contributed by atoms with Gasteiger partial charge in [0.15, 0.2) is 0 Å². The van der Waals surface area contributed by atoms with Gasteiger partial charge < -0.3 is 0 Å². The number of hydrazine groups is 1. The third kappa shape index (κ3) is 3.57. The summed E-state index contributed by atoms with van der Waals surface area (Å²) in [5.74, 6) is 0.0328. The molecule has 0 spiro atoms. The van der Waals surface area contributed by atoms with Crippen LogP contribution < -0.4 is 16.2 Å². The maximum absolute atomic E-state index is 11.7. The first kappa shape index (κ1) is 15.6. The number of carbonyl (C=O) groups is 1. The fourth-order valence-corrected chi connectivity index (χ4v) is 3.99. The summed E-state index contributed by atoms with van der Waals surface area (Å²) < 4.78 is 0. The Labute approximate surface area is 134 Å². The van der Waals surface area contributed by atoms with E-state index in [2.05, 4.69) is 53.8 Å². The fourth-order valence-electron chi connectivity index (χ4n) is 3.35. The summed E-state index contributed by atoms with van der Waals surface area (Å²) in [6, 6.07) is 0.244. The van der Waals surface area contributed by atoms with E-state index in [1.54, 1.807) is 0 Å². The topological polar surface area (TPSA) is 62.9 Å². The van der Waals surface area contributed by atoms with Crippen molar-refractivity contribution in [3.05, 3.63) is 0 Å². The molecule has 21 heavy (non-hydrogen) atoms. The first-order valence-electron chi connectivity index (χ1n) is 7.72. The summed E-state index contributed by atoms with van der Waals surface area (Å²) in [4.78, 5) is 18.9. The van der Waals surface area contributed by atoms with Gasteiger partial charge in [0.2, 0.25) is 5.91 Å². The van der Waals surface area contributed by atoms with Gasteiger partial charge in [0.1, 0.15) is 4.83 Å². The summed E-state index contributed by atoms with van der Waals surface area (Å²) >= 11 is 3.53. The lowest BCUT2D eigenvalue weighted by Gasteiger charge is -2.43. The highest BCUT2D eigenvalue weighted by atomic mass is 79.9. The van der Waals surface area contributed by atoms with E-state index in [-0.39, 0.29) is 16.8 Å². The van der Waals surface area contributed by atoms with Gasteiger partial charge in [-0.25, -0.2) is 5.43 Å². The maximum atomic E-state index is 11.7. The number of hydrogen-bond acceptors (Lipinski definition) is 6. The van der Waals surface area contributed by atoms with Gasteiger partial charge >= 0.3 is 0 Å². The van der Waals surface area contributed by atoms with E-state index < -0.39 is 0 Å². The van der Waals surface area contributed by atoms with Crippen molar-refractivity contribution in [3.8, 4) is 0 Å². The lowest BCUT2D eigenvalue weighted by molar-refractivity contribution is -0.124. The van der Waals surface area contributed by atoms with Crippen molar-refractivity contribution in [2.24, 2.45) is 0 Å². The highest BCUT2D eigenvalue weighted by Gasteiger charge is 2.35. The molecule has 0 aromatic rings. The van der Waals surface area contributed by atoms with E-state index in [9.17, 15) is 4.79 Å². The van der Waals surface area contributed by atoms with Crippen LogP contribution in [0.5, 0.6) is 0 Å². The lowest BCUT2D eigenvalue weighted by Crippen LogP contribution is -2.64. The molecule has 0 aromatic carbocycles. The molecule has 3 rings (SSSR count). The molecule has 0 aliphatic carbocycles. The molecule has 3 fully saturated rings. The first-order chi connectivity index (χ1) is 10.1. The van der Waals surface area contributed by atoms with Crippen LogP contribution in [0, 0.1) is 0 Å². The number of alkyl halides is 1. The van der Waals surface area contributed by atoms with Crippen LogP contribution in [0.2, 0.25) is 0 Å². The van der Waals surface area contributed by atoms with Crippen LogP contribution in [0.3, 0.4) is 0 Å². The van der Waals surface area contributed by atoms with Crippen LogP contribution in [0.25, 0.3) is 0 Å². The van der Waals surface area contributed by atoms with Crippen molar-refractivity contribution in [2.75, 3.05) is 59.4 Å². The summed E-state index contributed by atoms with van der Waals surface area (Å²) in [5.41, 5.74) is 5.66. The molecule has 0 saturated carbocycles. The zero-order chi connectivity index (χ0) is 14.8. The van der Waals surface area contributed by atoms with Gasteiger partial charge in [-0.2, -0.15) is 0 Å². The number of hydrogen-bond donors (Lipinski definition) is 3. The molecule has 3 aliphatic rings. The van der Waals surface area contributed by atoms with E-state index in [1.807, 2.05) is 0 Å². The van der Waals surface area contributed by atoms with Crippen LogP contribution >= 0.6 is 15.9 Å². The molecule has 3 heterocycles. The largest absolute Gasteiger partial charge is 0.299 e. The van der Waals surface area contributed by atoms with E-state index in [4.69, 9.17) is 0 Å². The Balaban J connectivity index is 1.47. The van der Waals surface area contributed by atoms with Crippen molar-refractivity contribution in [3.63, 3.8) is 0 Å². The number of nitrogens with zero attached hydrogens (tertiary/aromatic N) is 3. The normalized spacial score (nSPS) is 36.9. The second-order valence-electron chi connectivity index (χ2n) is 6.13. The zero-order valence-electron chi connectivity index (χ0n) is 12.5. The van der Waals surface area contributed by atoms with Gasteiger partial charge in [0, 0.05) is 58.4 Å². The minimum Gasteiger partial charge on any atom is -0.299 e. The van der Waals surface area contributed by atoms with Crippen molar-refractivity contribution < 1.29 is 4.79 Å². The molecule has 3 unspecified atom stereocenters. The Morgan fingerprint density at radius 2 is 2.00 bits per heavy atom. The van der Waals surface area contributed by atoms with E-state index >= 15 is 0 Å². The van der Waals surface area contributed by atoms with E-state index in [1.165, 1.54) is 0 Å². The standard InChI is InChI=1S/C13H25BrN6O/c1-18-3-2-15-11(18)9-19-4-6-20(7-5-19)10-8-16-17-13(21)12(10)14/h10-12,15-16H,2-9H2,1H3,(H,17,21). The Bertz CT molecular complexity index is 376. The molecule has 1 amide bonds. The van der Waals surface area contributed by atoms with Gasteiger partial charge in [-0.15, -0.1) is 0 Å². The van der Waals surface area contributed by atoms with Gasteiger partial charge in [-0.1, -0.05) is 15.9 Å². The third-order valence-electron chi connectivity index (χ3n) is 4.79. The van der Waals surface area contributed by atoms with Crippen LogP contribution in [-0.4, -0.2) is 97.0 Å². The van der Waals surface area contributed by atoms with E-state index in [0.29, 0.717) is 6.17 Å². The van der Waals surface area contributed by atoms with Gasteiger partial charge in [-0.05, 0) is 7.05 Å². The van der Waals surface area contributed by atoms with E-state index in [0.717, 1.165) is 52.4 Å². The quantitative estimate of drug-likeness (QED) is 0.518. The van der Waals surface area contributed by atoms with Gasteiger partial charge in [0.05, 0.1) is 6.17 Å². The van der Waals surface area contributed by atoms with Crippen molar-refractivity contribution in [2.45, 2.75) is 17.0 Å². The molecular formula is C13H25BrN6O. The molecule has 3 atom stereocenters. The molecule has 3 saturated heterocycles. The van der Waals surface area contributed by atoms with Crippen LogP contribution in [0.4, 0.5) is 0 Å². The summed E-state index contributed by atoms with van der Waals surface area (Å²) in [6.07, 6.45) is 0.489. The number of rotatable bonds is 3. The number of amides is 1. The fraction of sp³-hybridized carbons (Fsp3) is 0.923. The molecule has 0 aromatic heterocycles. The van der Waals surface area contributed by atoms with Gasteiger partial charge in [-0.3, -0.25) is 30.2 Å². The first-order valence-corrected chi connectivity index (χ1v) is 8.63. The number of likely N-dealkylation sites (N-methyl/N-ethyl adjacent to an activating group) is 1. The third-order valence-corrected chi connectivity index (χ3v) is 5.82. The molecule has 0 radical (unpaired) electrons. The predicted molar refractivity (Wildman–Crippen MR) is 85.1 cm³/mol. The highest BCUT2D eigenvalue weighted by Crippen LogP contribution is 2.17. The monoisotopic (exact) mass is 360 g/mol. The van der Waals surface area contributed by atoms with Crippen LogP contribution in [-0.2, 0) is 4.79 Å². The summed E-state index contributed by atoms with van der Waals surface area (Å²) in [6.45, 7) is 8.32. The summed E-state index contributed by atoms with van der Waals surface area (Å²) in [7, 11) is 2.18. The van der Waals surface area contributed by atoms with Crippen molar-refractivity contribution in [1.29, 1.82) is 0 Å². The minimum absolute atomic E-state index is 0.0328. The minimum atomic E-state index is -0.118. The molecule has 3 aliphatic heterocycles. The smallest absolute Gasteiger partial charge is 0.249 e. The average Bonchev–Trinajstić information content (AvgIpc) is 2.88. The number of carbonyl (C=O) groups excluding carboxylic acids is 1. The second kappa shape index (κ2) is 6.89. The zero-order valence-corrected chi connectivity index (χ0v) is 14.1. The average molecular weight is 361 g/mol. The second-order valence-corrected chi connectivity index (χ2v) is 7.11. The summed E-state index contributed by atoms with van der Waals surface area (Å²) in [5, 5.41) is 3.54. The van der Waals surface area contributed by atoms with Crippen molar-refractivity contribution >= 4 is 21.8 Å². The highest BCUT2D eigenvalue weighted by molar-refractivity contribution is 9.10. The predicted octanol–water partition coefficient (Wildman–Crippen LogP) is -1.77. The molecule has 120 valence electrons. The molecule has 8 heteroatoms. The number of halogens is 1.